The van der Waals surface area contributed by atoms with Crippen molar-refractivity contribution in [1.29, 1.82) is 0 Å². The molecule has 4 aliphatic heterocycles. The van der Waals surface area contributed by atoms with Crippen molar-refractivity contribution in [3.8, 4) is 11.5 Å². The lowest BCUT2D eigenvalue weighted by molar-refractivity contribution is -0.121. The van der Waals surface area contributed by atoms with Crippen molar-refractivity contribution >= 4 is 62.5 Å². The number of halogens is 2. The van der Waals surface area contributed by atoms with Crippen LogP contribution in [-0.4, -0.2) is 36.4 Å². The van der Waals surface area contributed by atoms with E-state index < -0.39 is 23.4 Å². The maximum absolute atomic E-state index is 15.0. The molecule has 43 heavy (non-hydrogen) atoms. The minimum Gasteiger partial charge on any atom is -0.454 e. The van der Waals surface area contributed by atoms with E-state index in [1.165, 1.54) is 0 Å². The van der Waals surface area contributed by atoms with Crippen molar-refractivity contribution in [3.05, 3.63) is 123 Å². The molecule has 4 aromatic rings. The summed E-state index contributed by atoms with van der Waals surface area (Å²) >= 11 is 9.84. The van der Waals surface area contributed by atoms with Crippen LogP contribution in [0.5, 0.6) is 11.5 Å². The molecule has 7 nitrogen and oxygen atoms in total. The number of amides is 1. The monoisotopic (exact) mass is 652 g/mol. The molecule has 1 amide bonds. The van der Waals surface area contributed by atoms with Gasteiger partial charge >= 0.3 is 0 Å². The first-order valence-electron chi connectivity index (χ1n) is 13.8. The van der Waals surface area contributed by atoms with Gasteiger partial charge in [0.25, 0.3) is 0 Å². The fourth-order valence-electron chi connectivity index (χ4n) is 7.16. The van der Waals surface area contributed by atoms with Crippen LogP contribution in [0.2, 0.25) is 5.02 Å². The second kappa shape index (κ2) is 9.56. The summed E-state index contributed by atoms with van der Waals surface area (Å²) in [6, 6.07) is 23.3. The Hall–Kier alpha value is -4.40. The van der Waals surface area contributed by atoms with Gasteiger partial charge in [0.2, 0.25) is 12.7 Å². The molecule has 4 aliphatic rings. The van der Waals surface area contributed by atoms with Crippen LogP contribution >= 0.6 is 27.5 Å². The number of hydrogen-bond acceptors (Lipinski definition) is 6. The van der Waals surface area contributed by atoms with Gasteiger partial charge in [-0.1, -0.05) is 70.0 Å². The first-order chi connectivity index (χ1) is 20.9. The second-order valence-corrected chi connectivity index (χ2v) is 12.4. The van der Waals surface area contributed by atoms with Gasteiger partial charge in [-0.05, 0) is 65.7 Å². The number of fused-ring (bicyclic) bond motifs is 7. The molecule has 0 bridgehead atoms. The Morgan fingerprint density at radius 3 is 2.51 bits per heavy atom. The third-order valence-electron chi connectivity index (χ3n) is 8.93. The van der Waals surface area contributed by atoms with E-state index in [4.69, 9.17) is 21.1 Å². The summed E-state index contributed by atoms with van der Waals surface area (Å²) < 4.78 is 11.9. The number of ether oxygens (including phenoxy) is 2. The Kier molecular flexibility index (Phi) is 5.83. The number of rotatable bonds is 4. The minimum atomic E-state index is -1.41. The van der Waals surface area contributed by atoms with Crippen molar-refractivity contribution < 1.29 is 23.9 Å². The van der Waals surface area contributed by atoms with Crippen LogP contribution in [0.4, 0.5) is 11.4 Å². The Morgan fingerprint density at radius 1 is 0.907 bits per heavy atom. The van der Waals surface area contributed by atoms with Crippen LogP contribution in [0.15, 0.2) is 95.5 Å². The zero-order valence-electron chi connectivity index (χ0n) is 22.4. The molecule has 0 aromatic heterocycles. The van der Waals surface area contributed by atoms with Gasteiger partial charge in [-0.2, -0.15) is 0 Å². The summed E-state index contributed by atoms with van der Waals surface area (Å²) in [5.74, 6) is -1.03. The van der Waals surface area contributed by atoms with E-state index >= 15 is 0 Å². The maximum atomic E-state index is 15.0. The molecule has 212 valence electrons. The standard InChI is InChI=1S/C34H22BrClN2O5/c35-21-9-5-18(6-10-21)32(40)30-29(31(39)20-7-13-26-27(16-20)43-17-42-26)34(23-3-1-2-4-24(23)37-33(34)41)28-14-8-19-15-22(36)11-12-25(19)38(28)30/h1-16,28-30H,17H2,(H,37,41)/t28?,29-,30+,34+/m0/s1. The van der Waals surface area contributed by atoms with Crippen LogP contribution in [0, 0.1) is 5.92 Å². The number of para-hydroxylation sites is 1. The summed E-state index contributed by atoms with van der Waals surface area (Å²) in [5, 5.41) is 3.59. The fourth-order valence-corrected chi connectivity index (χ4v) is 7.61. The van der Waals surface area contributed by atoms with Gasteiger partial charge in [-0.25, -0.2) is 0 Å². The lowest BCUT2D eigenvalue weighted by Crippen LogP contribution is -2.51. The number of Topliss-reactive ketones (excluding diaryl/α,β-unsaturated/α-hetero) is 2. The highest BCUT2D eigenvalue weighted by molar-refractivity contribution is 9.10. The van der Waals surface area contributed by atoms with E-state index in [9.17, 15) is 14.4 Å². The average molecular weight is 654 g/mol. The SMILES string of the molecule is O=C(c1ccc2c(c1)OCO2)[C@@H]1[C@H](C(=O)c2ccc(Br)cc2)N2c3ccc(Cl)cc3C=CC2[C@@]12C(=O)Nc1ccccc12. The molecule has 4 heterocycles. The minimum absolute atomic E-state index is 0.0563. The Balaban J connectivity index is 1.41. The van der Waals surface area contributed by atoms with Gasteiger partial charge in [0.15, 0.2) is 23.1 Å². The number of hydrogen-bond donors (Lipinski definition) is 1. The Labute approximate surface area is 260 Å². The van der Waals surface area contributed by atoms with E-state index in [0.717, 1.165) is 15.7 Å². The number of carbonyl (C=O) groups excluding carboxylic acids is 3. The molecule has 4 atom stereocenters. The number of ketones is 2. The first-order valence-corrected chi connectivity index (χ1v) is 15.0. The van der Waals surface area contributed by atoms with E-state index in [1.807, 2.05) is 53.5 Å². The molecule has 1 unspecified atom stereocenters. The lowest BCUT2D eigenvalue weighted by Gasteiger charge is -2.37. The van der Waals surface area contributed by atoms with Crippen LogP contribution in [-0.2, 0) is 10.2 Å². The summed E-state index contributed by atoms with van der Waals surface area (Å²) in [6.07, 6.45) is 3.85. The molecule has 8 rings (SSSR count). The van der Waals surface area contributed by atoms with Gasteiger partial charge in [0.1, 0.15) is 11.5 Å². The number of carbonyl (C=O) groups is 3. The van der Waals surface area contributed by atoms with E-state index in [0.29, 0.717) is 38.9 Å². The fraction of sp³-hybridized carbons (Fsp3) is 0.147. The molecule has 1 N–H and O–H groups in total. The highest BCUT2D eigenvalue weighted by Crippen LogP contribution is 2.58. The summed E-state index contributed by atoms with van der Waals surface area (Å²) in [7, 11) is 0. The molecule has 1 spiro atoms. The van der Waals surface area contributed by atoms with Gasteiger partial charge < -0.3 is 19.7 Å². The molecule has 9 heteroatoms. The molecular formula is C34H22BrClN2O5. The molecule has 4 aromatic carbocycles. The van der Waals surface area contributed by atoms with Gasteiger partial charge in [0, 0.05) is 32.0 Å². The summed E-state index contributed by atoms with van der Waals surface area (Å²) in [4.78, 5) is 46.1. The van der Waals surface area contributed by atoms with Crippen molar-refractivity contribution in [1.82, 2.24) is 0 Å². The number of benzene rings is 4. The highest BCUT2D eigenvalue weighted by Gasteiger charge is 2.70. The van der Waals surface area contributed by atoms with Crippen LogP contribution in [0.1, 0.15) is 31.8 Å². The predicted molar refractivity (Wildman–Crippen MR) is 166 cm³/mol. The number of nitrogens with zero attached hydrogens (tertiary/aromatic N) is 1. The number of anilines is 2. The van der Waals surface area contributed by atoms with Crippen molar-refractivity contribution in [2.24, 2.45) is 5.92 Å². The quantitative estimate of drug-likeness (QED) is 0.247. The van der Waals surface area contributed by atoms with E-state index in [2.05, 4.69) is 21.2 Å². The van der Waals surface area contributed by atoms with Crippen LogP contribution in [0.25, 0.3) is 6.08 Å². The molecule has 0 saturated carbocycles. The van der Waals surface area contributed by atoms with Gasteiger partial charge in [0.05, 0.1) is 12.0 Å². The lowest BCUT2D eigenvalue weighted by atomic mass is 9.64. The largest absolute Gasteiger partial charge is 0.454 e. The van der Waals surface area contributed by atoms with Crippen molar-refractivity contribution in [2.75, 3.05) is 17.0 Å². The van der Waals surface area contributed by atoms with Gasteiger partial charge in [-0.15, -0.1) is 0 Å². The first kappa shape index (κ1) is 26.2. The Morgan fingerprint density at radius 2 is 1.67 bits per heavy atom. The average Bonchev–Trinajstić information content (AvgIpc) is 3.69. The van der Waals surface area contributed by atoms with Gasteiger partial charge in [-0.3, -0.25) is 14.4 Å². The van der Waals surface area contributed by atoms with E-state index in [1.54, 1.807) is 48.5 Å². The van der Waals surface area contributed by atoms with Crippen molar-refractivity contribution in [2.45, 2.75) is 17.5 Å². The zero-order chi connectivity index (χ0) is 29.5. The predicted octanol–water partition coefficient (Wildman–Crippen LogP) is 6.69. The molecule has 0 aliphatic carbocycles. The molecule has 1 fully saturated rings. The number of nitrogens with one attached hydrogen (secondary N) is 1. The topological polar surface area (TPSA) is 84.9 Å². The highest BCUT2D eigenvalue weighted by atomic mass is 79.9. The second-order valence-electron chi connectivity index (χ2n) is 11.0. The third kappa shape index (κ3) is 3.69. The van der Waals surface area contributed by atoms with E-state index in [-0.39, 0.29) is 24.3 Å². The Bertz CT molecular complexity index is 1910. The smallest absolute Gasteiger partial charge is 0.238 e. The molecular weight excluding hydrogens is 632 g/mol. The van der Waals surface area contributed by atoms with Crippen LogP contribution < -0.4 is 19.7 Å². The zero-order valence-corrected chi connectivity index (χ0v) is 24.8. The third-order valence-corrected chi connectivity index (χ3v) is 9.70. The molecule has 1 saturated heterocycles. The van der Waals surface area contributed by atoms with Crippen LogP contribution in [0.3, 0.4) is 0 Å². The summed E-state index contributed by atoms with van der Waals surface area (Å²) in [5.41, 5.74) is 2.20. The normalized spacial score (nSPS) is 24.0. The maximum Gasteiger partial charge on any atom is 0.238 e. The molecule has 0 radical (unpaired) electrons. The van der Waals surface area contributed by atoms with Crippen molar-refractivity contribution in [3.63, 3.8) is 0 Å². The summed E-state index contributed by atoms with van der Waals surface area (Å²) in [6.45, 7) is 0.0563.